The van der Waals surface area contributed by atoms with E-state index in [0.29, 0.717) is 0 Å². The van der Waals surface area contributed by atoms with Crippen LogP contribution in [0.5, 0.6) is 0 Å². The molecule has 118 valence electrons. The number of benzene rings is 1. The Morgan fingerprint density at radius 3 is 2.95 bits per heavy atom. The minimum atomic E-state index is -0.370. The van der Waals surface area contributed by atoms with Crippen LogP contribution in [0.3, 0.4) is 0 Å². The molecule has 2 N–H and O–H groups in total. The Kier molecular flexibility index (Phi) is 4.23. The van der Waals surface area contributed by atoms with Crippen molar-refractivity contribution in [2.24, 2.45) is 11.1 Å². The molecule has 3 nitrogen and oxygen atoms in total. The van der Waals surface area contributed by atoms with Gasteiger partial charge in [0.15, 0.2) is 0 Å². The summed E-state index contributed by atoms with van der Waals surface area (Å²) in [6.07, 6.45) is 10.6. The highest BCUT2D eigenvalue weighted by Gasteiger charge is 2.47. The number of rotatable bonds is 4. The van der Waals surface area contributed by atoms with Crippen LogP contribution < -0.4 is 10.6 Å². The summed E-state index contributed by atoms with van der Waals surface area (Å²) in [4.78, 5) is 14.8. The van der Waals surface area contributed by atoms with Gasteiger partial charge in [0.25, 0.3) is 0 Å². The van der Waals surface area contributed by atoms with Gasteiger partial charge < -0.3 is 10.6 Å². The third-order valence-electron chi connectivity index (χ3n) is 5.40. The van der Waals surface area contributed by atoms with Crippen LogP contribution in [0, 0.1) is 5.41 Å². The molecule has 1 heterocycles. The number of nitrogens with zero attached hydrogens (tertiary/aromatic N) is 1. The van der Waals surface area contributed by atoms with Crippen LogP contribution in [0.15, 0.2) is 30.3 Å². The number of hydrogen-bond acceptors (Lipinski definition) is 2. The summed E-state index contributed by atoms with van der Waals surface area (Å²) in [6.45, 7) is 3.03. The van der Waals surface area contributed by atoms with Gasteiger partial charge in [0.05, 0.1) is 5.41 Å². The van der Waals surface area contributed by atoms with Crippen LogP contribution in [0.2, 0.25) is 0 Å². The number of fused-ring (bicyclic) bond motifs is 1. The van der Waals surface area contributed by atoms with Gasteiger partial charge in [-0.25, -0.2) is 0 Å². The van der Waals surface area contributed by atoms with Gasteiger partial charge in [-0.1, -0.05) is 56.5 Å². The number of primary amides is 1. The molecule has 2 atom stereocenters. The summed E-state index contributed by atoms with van der Waals surface area (Å²) in [5.41, 5.74) is 8.05. The van der Waals surface area contributed by atoms with Gasteiger partial charge in [-0.3, -0.25) is 4.79 Å². The quantitative estimate of drug-likeness (QED) is 0.920. The number of nitrogens with two attached hydrogens (primary N) is 1. The highest BCUT2D eigenvalue weighted by Crippen LogP contribution is 2.45. The van der Waals surface area contributed by atoms with E-state index in [1.807, 2.05) is 0 Å². The van der Waals surface area contributed by atoms with Crippen molar-refractivity contribution < 1.29 is 4.79 Å². The van der Waals surface area contributed by atoms with E-state index in [9.17, 15) is 4.79 Å². The van der Waals surface area contributed by atoms with Gasteiger partial charge in [-0.05, 0) is 30.9 Å². The van der Waals surface area contributed by atoms with Crippen molar-refractivity contribution in [1.82, 2.24) is 0 Å². The van der Waals surface area contributed by atoms with E-state index >= 15 is 0 Å². The third-order valence-corrected chi connectivity index (χ3v) is 5.40. The smallest absolute Gasteiger partial charge is 0.225 e. The lowest BCUT2D eigenvalue weighted by Crippen LogP contribution is -2.56. The van der Waals surface area contributed by atoms with Crippen molar-refractivity contribution in [3.63, 3.8) is 0 Å². The molecule has 0 radical (unpaired) electrons. The average Bonchev–Trinajstić information content (AvgIpc) is 2.55. The summed E-state index contributed by atoms with van der Waals surface area (Å²) in [7, 11) is 0. The van der Waals surface area contributed by atoms with Crippen LogP contribution in [0.4, 0.5) is 5.69 Å². The third kappa shape index (κ3) is 2.43. The molecule has 0 bridgehead atoms. The molecule has 2 aliphatic rings. The maximum absolute atomic E-state index is 12.4. The first kappa shape index (κ1) is 15.1. The Morgan fingerprint density at radius 2 is 2.18 bits per heavy atom. The number of carbonyl (C=O) groups is 1. The molecule has 1 aromatic rings. The Bertz CT molecular complexity index is 577. The predicted octanol–water partition coefficient (Wildman–Crippen LogP) is 3.73. The van der Waals surface area contributed by atoms with E-state index in [-0.39, 0.29) is 17.4 Å². The number of anilines is 1. The molecule has 0 saturated heterocycles. The SMILES string of the molecule is CCCC1(C(N)=O)CCCCC1N1CC=Cc2ccccc21. The largest absolute Gasteiger partial charge is 0.369 e. The second kappa shape index (κ2) is 6.15. The normalized spacial score (nSPS) is 27.5. The maximum Gasteiger partial charge on any atom is 0.225 e. The molecule has 3 heteroatoms. The van der Waals surface area contributed by atoms with Crippen molar-refractivity contribution in [3.05, 3.63) is 35.9 Å². The second-order valence-corrected chi connectivity index (χ2v) is 6.65. The zero-order valence-corrected chi connectivity index (χ0v) is 13.4. The van der Waals surface area contributed by atoms with Crippen molar-refractivity contribution >= 4 is 17.7 Å². The van der Waals surface area contributed by atoms with E-state index in [1.54, 1.807) is 0 Å². The number of para-hydroxylation sites is 1. The van der Waals surface area contributed by atoms with Crippen molar-refractivity contribution in [3.8, 4) is 0 Å². The number of carbonyl (C=O) groups excluding carboxylic acids is 1. The average molecular weight is 298 g/mol. The summed E-state index contributed by atoms with van der Waals surface area (Å²) in [5, 5.41) is 0. The van der Waals surface area contributed by atoms with Crippen LogP contribution in [0.25, 0.3) is 6.08 Å². The standard InChI is InChI=1S/C19H26N2O/c1-2-12-19(18(20)22)13-6-5-11-17(19)21-14-7-9-15-8-3-4-10-16(15)21/h3-4,7-10,17H,2,5-6,11-14H2,1H3,(H2,20,22). The lowest BCUT2D eigenvalue weighted by Gasteiger charge is -2.49. The molecule has 1 saturated carbocycles. The molecule has 1 aliphatic heterocycles. The molecule has 3 rings (SSSR count). The van der Waals surface area contributed by atoms with Crippen molar-refractivity contribution in [2.75, 3.05) is 11.4 Å². The van der Waals surface area contributed by atoms with E-state index in [2.05, 4.69) is 48.2 Å². The fourth-order valence-electron chi connectivity index (χ4n) is 4.40. The van der Waals surface area contributed by atoms with Gasteiger partial charge in [0.1, 0.15) is 0 Å². The van der Waals surface area contributed by atoms with Crippen molar-refractivity contribution in [2.45, 2.75) is 51.5 Å². The number of hydrogen-bond donors (Lipinski definition) is 1. The monoisotopic (exact) mass is 298 g/mol. The fraction of sp³-hybridized carbons (Fsp3) is 0.526. The minimum Gasteiger partial charge on any atom is -0.369 e. The van der Waals surface area contributed by atoms with Crippen LogP contribution in [0.1, 0.15) is 51.0 Å². The van der Waals surface area contributed by atoms with E-state index in [1.165, 1.54) is 17.7 Å². The van der Waals surface area contributed by atoms with E-state index < -0.39 is 0 Å². The van der Waals surface area contributed by atoms with Crippen LogP contribution in [-0.4, -0.2) is 18.5 Å². The van der Waals surface area contributed by atoms with Gasteiger partial charge in [-0.15, -0.1) is 0 Å². The van der Waals surface area contributed by atoms with Gasteiger partial charge in [-0.2, -0.15) is 0 Å². The zero-order valence-electron chi connectivity index (χ0n) is 13.4. The molecule has 0 spiro atoms. The fourth-order valence-corrected chi connectivity index (χ4v) is 4.40. The number of amides is 1. The van der Waals surface area contributed by atoms with Crippen LogP contribution in [-0.2, 0) is 4.79 Å². The highest BCUT2D eigenvalue weighted by molar-refractivity contribution is 5.83. The minimum absolute atomic E-state index is 0.105. The molecule has 1 amide bonds. The summed E-state index contributed by atoms with van der Waals surface area (Å²) in [6, 6.07) is 8.70. The summed E-state index contributed by atoms with van der Waals surface area (Å²) >= 11 is 0. The molecule has 22 heavy (non-hydrogen) atoms. The zero-order chi connectivity index (χ0) is 15.6. The van der Waals surface area contributed by atoms with Gasteiger partial charge in [0.2, 0.25) is 5.91 Å². The molecule has 2 unspecified atom stereocenters. The Morgan fingerprint density at radius 1 is 1.36 bits per heavy atom. The Labute approximate surface area is 133 Å². The summed E-state index contributed by atoms with van der Waals surface area (Å²) in [5.74, 6) is -0.105. The lowest BCUT2D eigenvalue weighted by atomic mass is 9.66. The van der Waals surface area contributed by atoms with E-state index in [4.69, 9.17) is 5.73 Å². The Balaban J connectivity index is 2.01. The van der Waals surface area contributed by atoms with Crippen LogP contribution >= 0.6 is 0 Å². The van der Waals surface area contributed by atoms with Gasteiger partial charge in [0, 0.05) is 18.3 Å². The second-order valence-electron chi connectivity index (χ2n) is 6.65. The van der Waals surface area contributed by atoms with E-state index in [0.717, 1.165) is 38.6 Å². The lowest BCUT2D eigenvalue weighted by molar-refractivity contribution is -0.131. The first-order valence-electron chi connectivity index (χ1n) is 8.51. The molecular formula is C19H26N2O. The van der Waals surface area contributed by atoms with Gasteiger partial charge >= 0.3 is 0 Å². The summed E-state index contributed by atoms with van der Waals surface area (Å²) < 4.78 is 0. The molecular weight excluding hydrogens is 272 g/mol. The topological polar surface area (TPSA) is 46.3 Å². The first-order chi connectivity index (χ1) is 10.7. The Hall–Kier alpha value is -1.77. The highest BCUT2D eigenvalue weighted by atomic mass is 16.1. The first-order valence-corrected chi connectivity index (χ1v) is 8.51. The molecule has 1 fully saturated rings. The predicted molar refractivity (Wildman–Crippen MR) is 91.6 cm³/mol. The molecule has 1 aliphatic carbocycles. The maximum atomic E-state index is 12.4. The van der Waals surface area contributed by atoms with Crippen molar-refractivity contribution in [1.29, 1.82) is 0 Å². The molecule has 0 aromatic heterocycles. The molecule has 1 aromatic carbocycles.